The fraction of sp³-hybridized carbons (Fsp3) is 0.294. The molecule has 2 rings (SSSR count). The highest BCUT2D eigenvalue weighted by atomic mass is 79.9. The Morgan fingerprint density at radius 2 is 2.28 bits per heavy atom. The predicted octanol–water partition coefficient (Wildman–Crippen LogP) is 3.58. The van der Waals surface area contributed by atoms with Gasteiger partial charge in [0.1, 0.15) is 17.1 Å². The zero-order chi connectivity index (χ0) is 18.6. The van der Waals surface area contributed by atoms with E-state index >= 15 is 0 Å². The average Bonchev–Trinajstić information content (AvgIpc) is 2.92. The minimum atomic E-state index is -0.401. The third-order valence-corrected chi connectivity index (χ3v) is 4.89. The first kappa shape index (κ1) is 19.3. The first-order chi connectivity index (χ1) is 11.8. The lowest BCUT2D eigenvalue weighted by molar-refractivity contribution is -0.121. The summed E-state index contributed by atoms with van der Waals surface area (Å²) in [7, 11) is 0. The van der Waals surface area contributed by atoms with E-state index in [1.165, 1.54) is 22.2 Å². The zero-order valence-corrected chi connectivity index (χ0v) is 16.6. The van der Waals surface area contributed by atoms with E-state index in [9.17, 15) is 9.59 Å². The highest BCUT2D eigenvalue weighted by Gasteiger charge is 2.17. The van der Waals surface area contributed by atoms with E-state index in [0.717, 1.165) is 14.9 Å². The smallest absolute Gasteiger partial charge is 0.285 e. The Labute approximate surface area is 158 Å². The normalized spacial score (nSPS) is 11.9. The van der Waals surface area contributed by atoms with Gasteiger partial charge in [0.05, 0.1) is 9.48 Å². The van der Waals surface area contributed by atoms with Crippen molar-refractivity contribution < 1.29 is 4.79 Å². The summed E-state index contributed by atoms with van der Waals surface area (Å²) in [4.78, 5) is 28.7. The molecule has 8 heteroatoms. The van der Waals surface area contributed by atoms with Crippen LogP contribution in [0.4, 0.5) is 0 Å². The molecule has 6 nitrogen and oxygen atoms in total. The van der Waals surface area contributed by atoms with Crippen LogP contribution in [-0.2, 0) is 11.3 Å². The van der Waals surface area contributed by atoms with Gasteiger partial charge in [-0.25, -0.2) is 9.67 Å². The molecule has 0 aliphatic rings. The summed E-state index contributed by atoms with van der Waals surface area (Å²) in [5.74, 6) is -0.0682. The summed E-state index contributed by atoms with van der Waals surface area (Å²) in [6.45, 7) is 9.32. The van der Waals surface area contributed by atoms with Crippen molar-refractivity contribution in [2.45, 2.75) is 33.2 Å². The van der Waals surface area contributed by atoms with Gasteiger partial charge >= 0.3 is 0 Å². The standard InChI is InChI=1S/C17H19BrN4O2S/c1-5-6-7-19-11(4)20-14(23)9-22-17(24)16-12(8-13(18)25-16)15(21-22)10(2)3/h5-8,10H,4,9H2,1-3H3,(H,20,23)/b6-5-,19-7-. The zero-order valence-electron chi connectivity index (χ0n) is 14.2. The molecule has 1 N–H and O–H groups in total. The third-order valence-electron chi connectivity index (χ3n) is 3.27. The maximum absolute atomic E-state index is 12.6. The van der Waals surface area contributed by atoms with E-state index in [1.54, 1.807) is 6.08 Å². The number of thiophene rings is 1. The molecular formula is C17H19BrN4O2S. The molecule has 0 aliphatic carbocycles. The second-order valence-corrected chi connectivity index (χ2v) is 8.03. The van der Waals surface area contributed by atoms with Gasteiger partial charge in [0, 0.05) is 11.6 Å². The van der Waals surface area contributed by atoms with Crippen LogP contribution >= 0.6 is 27.3 Å². The molecule has 2 aromatic heterocycles. The molecule has 0 aromatic carbocycles. The first-order valence-corrected chi connectivity index (χ1v) is 9.28. The van der Waals surface area contributed by atoms with Crippen LogP contribution in [0.2, 0.25) is 0 Å². The quantitative estimate of drug-likeness (QED) is 0.722. The van der Waals surface area contributed by atoms with Crippen LogP contribution in [-0.4, -0.2) is 21.9 Å². The van der Waals surface area contributed by atoms with Crippen molar-refractivity contribution in [3.63, 3.8) is 0 Å². The lowest BCUT2D eigenvalue weighted by Gasteiger charge is -2.11. The first-order valence-electron chi connectivity index (χ1n) is 7.67. The minimum Gasteiger partial charge on any atom is -0.310 e. The van der Waals surface area contributed by atoms with E-state index in [1.807, 2.05) is 32.9 Å². The monoisotopic (exact) mass is 422 g/mol. The van der Waals surface area contributed by atoms with Crippen molar-refractivity contribution in [2.24, 2.45) is 4.99 Å². The highest BCUT2D eigenvalue weighted by molar-refractivity contribution is 9.11. The Morgan fingerprint density at radius 1 is 1.56 bits per heavy atom. The summed E-state index contributed by atoms with van der Waals surface area (Å²) < 4.78 is 2.64. The SMILES string of the molecule is C=C(/N=C\C=C/C)NC(=O)Cn1nc(C(C)C)c2cc(Br)sc2c1=O. The summed E-state index contributed by atoms with van der Waals surface area (Å²) in [5.41, 5.74) is 0.502. The van der Waals surface area contributed by atoms with Gasteiger partial charge < -0.3 is 5.32 Å². The van der Waals surface area contributed by atoms with Crippen molar-refractivity contribution in [2.75, 3.05) is 0 Å². The van der Waals surface area contributed by atoms with E-state index in [0.29, 0.717) is 4.70 Å². The van der Waals surface area contributed by atoms with Crippen LogP contribution < -0.4 is 10.9 Å². The Bertz CT molecular complexity index is 925. The van der Waals surface area contributed by atoms with E-state index in [-0.39, 0.29) is 23.8 Å². The van der Waals surface area contributed by atoms with Crippen molar-refractivity contribution in [3.05, 3.63) is 50.5 Å². The topological polar surface area (TPSA) is 76.3 Å². The fourth-order valence-corrected chi connectivity index (χ4v) is 3.73. The Morgan fingerprint density at radius 3 is 2.92 bits per heavy atom. The second-order valence-electron chi connectivity index (χ2n) is 5.59. The van der Waals surface area contributed by atoms with E-state index in [2.05, 4.69) is 37.9 Å². The molecule has 132 valence electrons. The van der Waals surface area contributed by atoms with Gasteiger partial charge in [0.2, 0.25) is 5.91 Å². The lowest BCUT2D eigenvalue weighted by atomic mass is 10.1. The van der Waals surface area contributed by atoms with Gasteiger partial charge in [-0.1, -0.05) is 26.5 Å². The molecule has 0 saturated heterocycles. The molecule has 2 aromatic rings. The number of aromatic nitrogens is 2. The number of carbonyl (C=O) groups excluding carboxylic acids is 1. The van der Waals surface area contributed by atoms with Crippen LogP contribution in [0.5, 0.6) is 0 Å². The Hall–Kier alpha value is -2.06. The number of carbonyl (C=O) groups is 1. The number of nitrogens with zero attached hydrogens (tertiary/aromatic N) is 3. The van der Waals surface area contributed by atoms with Crippen molar-refractivity contribution in [3.8, 4) is 0 Å². The number of fused-ring (bicyclic) bond motifs is 1. The fourth-order valence-electron chi connectivity index (χ4n) is 2.18. The summed E-state index contributed by atoms with van der Waals surface area (Å²) in [5, 5.41) is 7.76. The maximum Gasteiger partial charge on any atom is 0.285 e. The largest absolute Gasteiger partial charge is 0.310 e. The molecule has 0 spiro atoms. The number of allylic oxidation sites excluding steroid dienone is 2. The van der Waals surface area contributed by atoms with Gasteiger partial charge in [-0.05, 0) is 40.9 Å². The van der Waals surface area contributed by atoms with Crippen molar-refractivity contribution >= 4 is 49.5 Å². The lowest BCUT2D eigenvalue weighted by Crippen LogP contribution is -2.33. The molecule has 1 amide bonds. The summed E-state index contributed by atoms with van der Waals surface area (Å²) >= 11 is 4.75. The molecule has 0 saturated carbocycles. The summed E-state index contributed by atoms with van der Waals surface area (Å²) in [6.07, 6.45) is 5.06. The number of hydrogen-bond donors (Lipinski definition) is 1. The number of rotatable bonds is 6. The van der Waals surface area contributed by atoms with Gasteiger partial charge in [-0.15, -0.1) is 11.3 Å². The van der Waals surface area contributed by atoms with Crippen LogP contribution in [0.1, 0.15) is 32.4 Å². The van der Waals surface area contributed by atoms with Crippen LogP contribution in [0.15, 0.2) is 44.2 Å². The van der Waals surface area contributed by atoms with E-state index in [4.69, 9.17) is 0 Å². The Balaban J connectivity index is 2.29. The number of hydrogen-bond acceptors (Lipinski definition) is 5. The molecule has 0 radical (unpaired) electrons. The van der Waals surface area contributed by atoms with Crippen molar-refractivity contribution in [1.29, 1.82) is 0 Å². The molecule has 0 unspecified atom stereocenters. The molecule has 2 heterocycles. The predicted molar refractivity (Wildman–Crippen MR) is 106 cm³/mol. The minimum absolute atomic E-state index is 0.124. The van der Waals surface area contributed by atoms with Crippen molar-refractivity contribution in [1.82, 2.24) is 15.1 Å². The molecule has 0 bridgehead atoms. The molecular weight excluding hydrogens is 404 g/mol. The van der Waals surface area contributed by atoms with Crippen LogP contribution in [0.3, 0.4) is 0 Å². The van der Waals surface area contributed by atoms with Gasteiger partial charge in [0.15, 0.2) is 0 Å². The molecule has 0 fully saturated rings. The van der Waals surface area contributed by atoms with Crippen LogP contribution in [0.25, 0.3) is 10.1 Å². The number of aliphatic imine (C=N–C) groups is 1. The second kappa shape index (κ2) is 8.35. The van der Waals surface area contributed by atoms with Gasteiger partial charge in [-0.3, -0.25) is 9.59 Å². The van der Waals surface area contributed by atoms with E-state index < -0.39 is 5.91 Å². The number of nitrogens with one attached hydrogen (secondary N) is 1. The highest BCUT2D eigenvalue weighted by Crippen LogP contribution is 2.31. The number of halogens is 1. The van der Waals surface area contributed by atoms with Gasteiger partial charge in [0.25, 0.3) is 5.56 Å². The van der Waals surface area contributed by atoms with Crippen LogP contribution in [0, 0.1) is 0 Å². The molecule has 0 atom stereocenters. The third kappa shape index (κ3) is 4.73. The molecule has 25 heavy (non-hydrogen) atoms. The number of amides is 1. The summed E-state index contributed by atoms with van der Waals surface area (Å²) in [6, 6.07) is 1.89. The average molecular weight is 423 g/mol. The Kier molecular flexibility index (Phi) is 6.44. The molecule has 0 aliphatic heterocycles. The van der Waals surface area contributed by atoms with Gasteiger partial charge in [-0.2, -0.15) is 5.10 Å². The maximum atomic E-state index is 12.6.